The van der Waals surface area contributed by atoms with Crippen molar-refractivity contribution in [2.24, 2.45) is 5.92 Å². The van der Waals surface area contributed by atoms with E-state index in [9.17, 15) is 4.79 Å². The molecule has 8 heteroatoms. The van der Waals surface area contributed by atoms with Crippen LogP contribution in [0.5, 0.6) is 0 Å². The Balaban J connectivity index is 1.12. The number of hydrogen-bond donors (Lipinski definition) is 1. The van der Waals surface area contributed by atoms with Crippen LogP contribution in [0.2, 0.25) is 0 Å². The first kappa shape index (κ1) is 23.1. The Hall–Kier alpha value is -2.71. The van der Waals surface area contributed by atoms with E-state index in [-0.39, 0.29) is 11.8 Å². The monoisotopic (exact) mass is 523 g/mol. The van der Waals surface area contributed by atoms with E-state index in [0.717, 1.165) is 48.1 Å². The Morgan fingerprint density at radius 2 is 1.91 bits per heavy atom. The Kier molecular flexibility index (Phi) is 7.25. The predicted octanol–water partition coefficient (Wildman–Crippen LogP) is 4.63. The summed E-state index contributed by atoms with van der Waals surface area (Å²) in [7, 11) is 0. The van der Waals surface area contributed by atoms with E-state index in [0.29, 0.717) is 31.3 Å². The van der Waals surface area contributed by atoms with Gasteiger partial charge in [-0.1, -0.05) is 45.4 Å². The lowest BCUT2D eigenvalue weighted by Gasteiger charge is -2.30. The summed E-state index contributed by atoms with van der Waals surface area (Å²) in [5.74, 6) is 1.26. The van der Waals surface area contributed by atoms with E-state index in [1.165, 1.54) is 18.5 Å². The molecule has 1 amide bonds. The summed E-state index contributed by atoms with van der Waals surface area (Å²) in [4.78, 5) is 22.1. The first-order valence-electron chi connectivity index (χ1n) is 12.1. The van der Waals surface area contributed by atoms with Crippen LogP contribution in [0.15, 0.2) is 57.5 Å². The van der Waals surface area contributed by atoms with E-state index in [2.05, 4.69) is 65.5 Å². The highest BCUT2D eigenvalue weighted by molar-refractivity contribution is 9.10. The van der Waals surface area contributed by atoms with Crippen LogP contribution in [-0.4, -0.2) is 47.1 Å². The van der Waals surface area contributed by atoms with Crippen molar-refractivity contribution in [3.8, 4) is 11.4 Å². The molecule has 1 atom stereocenters. The number of hydrogen-bond acceptors (Lipinski definition) is 6. The molecule has 2 aliphatic rings. The maximum atomic E-state index is 12.9. The van der Waals surface area contributed by atoms with Gasteiger partial charge in [-0.15, -0.1) is 0 Å². The third-order valence-electron chi connectivity index (χ3n) is 6.66. The second kappa shape index (κ2) is 10.7. The van der Waals surface area contributed by atoms with E-state index >= 15 is 0 Å². The van der Waals surface area contributed by atoms with E-state index < -0.39 is 0 Å². The van der Waals surface area contributed by atoms with Gasteiger partial charge in [-0.3, -0.25) is 9.69 Å². The molecular weight excluding hydrogens is 494 g/mol. The number of rotatable bonds is 7. The fourth-order valence-electron chi connectivity index (χ4n) is 4.80. The molecule has 1 N–H and O–H groups in total. The van der Waals surface area contributed by atoms with Gasteiger partial charge in [0.25, 0.3) is 0 Å². The summed E-state index contributed by atoms with van der Waals surface area (Å²) in [6.45, 7) is 5.04. The number of nitrogens with zero attached hydrogens (tertiary/aromatic N) is 4. The molecule has 2 aliphatic heterocycles. The molecule has 0 spiro atoms. The zero-order valence-corrected chi connectivity index (χ0v) is 20.8. The first-order valence-corrected chi connectivity index (χ1v) is 12.9. The Morgan fingerprint density at radius 1 is 1.09 bits per heavy atom. The highest BCUT2D eigenvalue weighted by atomic mass is 79.9. The van der Waals surface area contributed by atoms with Crippen LogP contribution in [-0.2, 0) is 17.9 Å². The number of halogens is 1. The summed E-state index contributed by atoms with van der Waals surface area (Å²) in [6.07, 6.45) is 4.43. The van der Waals surface area contributed by atoms with Gasteiger partial charge in [-0.2, -0.15) is 4.98 Å². The second-order valence-electron chi connectivity index (χ2n) is 9.17. The minimum atomic E-state index is -0.0231. The van der Waals surface area contributed by atoms with Crippen LogP contribution in [0.4, 0.5) is 5.69 Å². The number of nitrogens with one attached hydrogen (secondary N) is 1. The summed E-state index contributed by atoms with van der Waals surface area (Å²) < 4.78 is 6.46. The minimum Gasteiger partial charge on any atom is -0.372 e. The minimum absolute atomic E-state index is 0.0231. The number of aromatic nitrogens is 2. The number of likely N-dealkylation sites (tertiary alicyclic amines) is 1. The molecule has 3 aromatic rings. The van der Waals surface area contributed by atoms with Crippen molar-refractivity contribution in [1.29, 1.82) is 0 Å². The second-order valence-corrected chi connectivity index (χ2v) is 10.1. The first-order chi connectivity index (χ1) is 16.6. The van der Waals surface area contributed by atoms with Crippen LogP contribution >= 0.6 is 15.9 Å². The quantitative estimate of drug-likeness (QED) is 0.486. The van der Waals surface area contributed by atoms with Crippen molar-refractivity contribution in [3.63, 3.8) is 0 Å². The number of benzene rings is 2. The third-order valence-corrected chi connectivity index (χ3v) is 7.15. The van der Waals surface area contributed by atoms with Gasteiger partial charge in [0.05, 0.1) is 12.5 Å². The van der Waals surface area contributed by atoms with Crippen LogP contribution in [0.3, 0.4) is 0 Å². The zero-order valence-electron chi connectivity index (χ0n) is 19.3. The normalized spacial score (nSPS) is 18.9. The molecule has 0 saturated carbocycles. The van der Waals surface area contributed by atoms with Gasteiger partial charge in [0.1, 0.15) is 0 Å². The van der Waals surface area contributed by atoms with Gasteiger partial charge < -0.3 is 14.7 Å². The highest BCUT2D eigenvalue weighted by Crippen LogP contribution is 2.23. The molecule has 178 valence electrons. The van der Waals surface area contributed by atoms with Gasteiger partial charge in [-0.05, 0) is 62.1 Å². The largest absolute Gasteiger partial charge is 0.372 e. The Morgan fingerprint density at radius 3 is 2.71 bits per heavy atom. The molecule has 0 radical (unpaired) electrons. The molecule has 1 unspecified atom stereocenters. The lowest BCUT2D eigenvalue weighted by Crippen LogP contribution is -2.42. The fraction of sp³-hybridized carbons (Fsp3) is 0.423. The summed E-state index contributed by atoms with van der Waals surface area (Å²) in [5.41, 5.74) is 3.32. The van der Waals surface area contributed by atoms with Crippen molar-refractivity contribution in [1.82, 2.24) is 20.4 Å². The Bertz CT molecular complexity index is 1110. The molecule has 34 heavy (non-hydrogen) atoms. The maximum Gasteiger partial charge on any atom is 0.241 e. The molecule has 2 fully saturated rings. The molecular formula is C26H30BrN5O2. The summed E-state index contributed by atoms with van der Waals surface area (Å²) in [5, 5.41) is 7.26. The Labute approximate surface area is 208 Å². The molecule has 0 aliphatic carbocycles. The van der Waals surface area contributed by atoms with Crippen LogP contribution in [0.1, 0.15) is 37.1 Å². The number of amides is 1. The number of anilines is 1. The van der Waals surface area contributed by atoms with E-state index in [1.807, 2.05) is 24.3 Å². The molecule has 5 rings (SSSR count). The van der Waals surface area contributed by atoms with E-state index in [4.69, 9.17) is 4.52 Å². The predicted molar refractivity (Wildman–Crippen MR) is 135 cm³/mol. The van der Waals surface area contributed by atoms with Crippen LogP contribution in [0.25, 0.3) is 11.4 Å². The number of carbonyl (C=O) groups excluding carboxylic acids is 1. The molecule has 7 nitrogen and oxygen atoms in total. The van der Waals surface area contributed by atoms with Gasteiger partial charge in [0, 0.05) is 41.9 Å². The summed E-state index contributed by atoms with van der Waals surface area (Å²) in [6, 6.07) is 16.4. The molecule has 2 aromatic carbocycles. The van der Waals surface area contributed by atoms with Gasteiger partial charge in [0.15, 0.2) is 0 Å². The van der Waals surface area contributed by atoms with Gasteiger partial charge in [-0.25, -0.2) is 0 Å². The van der Waals surface area contributed by atoms with Crippen molar-refractivity contribution >= 4 is 27.5 Å². The SMILES string of the molecule is O=C(NCc1ccc(N2CCCC2)cc1)C1CCCN(Cc2nc(-c3cccc(Br)c3)no2)C1. The zero-order chi connectivity index (χ0) is 23.3. The third kappa shape index (κ3) is 5.67. The van der Waals surface area contributed by atoms with Crippen molar-refractivity contribution < 1.29 is 9.32 Å². The van der Waals surface area contributed by atoms with Crippen molar-refractivity contribution in [3.05, 3.63) is 64.5 Å². The average Bonchev–Trinajstić information content (AvgIpc) is 3.56. The maximum absolute atomic E-state index is 12.9. The molecule has 3 heterocycles. The summed E-state index contributed by atoms with van der Waals surface area (Å²) >= 11 is 3.48. The van der Waals surface area contributed by atoms with Gasteiger partial charge in [0.2, 0.25) is 17.6 Å². The lowest BCUT2D eigenvalue weighted by molar-refractivity contribution is -0.127. The van der Waals surface area contributed by atoms with Crippen LogP contribution in [0, 0.1) is 5.92 Å². The molecule has 0 bridgehead atoms. The van der Waals surface area contributed by atoms with Gasteiger partial charge >= 0.3 is 0 Å². The standard InChI is InChI=1S/C26H30BrN5O2/c27-22-7-3-5-20(15-22)25-29-24(34-30-25)18-31-12-4-6-21(17-31)26(33)28-16-19-8-10-23(11-9-19)32-13-1-2-14-32/h3,5,7-11,15,21H,1-2,4,6,12-14,16-18H2,(H,28,33). The lowest BCUT2D eigenvalue weighted by atomic mass is 9.97. The average molecular weight is 524 g/mol. The topological polar surface area (TPSA) is 74.5 Å². The number of piperidine rings is 1. The fourth-order valence-corrected chi connectivity index (χ4v) is 5.20. The van der Waals surface area contributed by atoms with E-state index in [1.54, 1.807) is 0 Å². The number of carbonyl (C=O) groups is 1. The highest BCUT2D eigenvalue weighted by Gasteiger charge is 2.27. The van der Waals surface area contributed by atoms with Crippen molar-refractivity contribution in [2.45, 2.75) is 38.8 Å². The smallest absolute Gasteiger partial charge is 0.241 e. The van der Waals surface area contributed by atoms with Crippen molar-refractivity contribution in [2.75, 3.05) is 31.1 Å². The van der Waals surface area contributed by atoms with Crippen LogP contribution < -0.4 is 10.2 Å². The molecule has 1 aromatic heterocycles. The molecule has 2 saturated heterocycles.